The van der Waals surface area contributed by atoms with Gasteiger partial charge in [-0.2, -0.15) is 0 Å². The zero-order valence-corrected chi connectivity index (χ0v) is 9.73. The maximum absolute atomic E-state index is 11.3. The topological polar surface area (TPSA) is 75.6 Å². The van der Waals surface area contributed by atoms with Gasteiger partial charge in [-0.3, -0.25) is 9.59 Å². The van der Waals surface area contributed by atoms with E-state index in [1.807, 2.05) is 13.8 Å². The van der Waals surface area contributed by atoms with Crippen LogP contribution in [0.15, 0.2) is 0 Å². The number of hydrogen-bond acceptors (Lipinski definition) is 3. The highest BCUT2D eigenvalue weighted by Crippen LogP contribution is 2.30. The number of rotatable bonds is 6. The van der Waals surface area contributed by atoms with Crippen LogP contribution in [0, 0.1) is 5.92 Å². The Morgan fingerprint density at radius 3 is 2.56 bits per heavy atom. The van der Waals surface area contributed by atoms with Crippen LogP contribution >= 0.6 is 0 Å². The second-order valence-corrected chi connectivity index (χ2v) is 4.56. The monoisotopic (exact) mass is 229 g/mol. The van der Waals surface area contributed by atoms with E-state index in [1.54, 1.807) is 0 Å². The summed E-state index contributed by atoms with van der Waals surface area (Å²) in [6.07, 6.45) is 1.78. The number of carboxylic acid groups (broad SMARTS) is 1. The van der Waals surface area contributed by atoms with Crippen LogP contribution in [0.2, 0.25) is 0 Å². The minimum Gasteiger partial charge on any atom is -0.481 e. The van der Waals surface area contributed by atoms with Gasteiger partial charge < -0.3 is 15.2 Å². The molecule has 0 heterocycles. The van der Waals surface area contributed by atoms with E-state index >= 15 is 0 Å². The van der Waals surface area contributed by atoms with Crippen LogP contribution in [0.1, 0.15) is 33.1 Å². The molecular formula is C11H19NO4. The van der Waals surface area contributed by atoms with Crippen molar-refractivity contribution in [2.24, 2.45) is 5.92 Å². The summed E-state index contributed by atoms with van der Waals surface area (Å²) in [6.45, 7) is 3.83. The van der Waals surface area contributed by atoms with Gasteiger partial charge >= 0.3 is 5.97 Å². The number of nitrogens with one attached hydrogen (secondary N) is 1. The van der Waals surface area contributed by atoms with Crippen molar-refractivity contribution >= 4 is 11.9 Å². The number of carbonyl (C=O) groups excluding carboxylic acids is 1. The van der Waals surface area contributed by atoms with Crippen molar-refractivity contribution in [1.29, 1.82) is 0 Å². The van der Waals surface area contributed by atoms with Gasteiger partial charge in [0.15, 0.2) is 0 Å². The van der Waals surface area contributed by atoms with Crippen molar-refractivity contribution < 1.29 is 19.4 Å². The van der Waals surface area contributed by atoms with Gasteiger partial charge in [-0.05, 0) is 32.6 Å². The quantitative estimate of drug-likeness (QED) is 0.705. The van der Waals surface area contributed by atoms with Crippen LogP contribution in [0.5, 0.6) is 0 Å². The molecule has 5 heteroatoms. The smallest absolute Gasteiger partial charge is 0.303 e. The molecule has 1 aliphatic carbocycles. The Bertz CT molecular complexity index is 259. The van der Waals surface area contributed by atoms with Gasteiger partial charge in [0.2, 0.25) is 5.91 Å². The molecule has 0 saturated heterocycles. The Morgan fingerprint density at radius 1 is 1.44 bits per heavy atom. The molecular weight excluding hydrogens is 210 g/mol. The maximum atomic E-state index is 11.3. The number of amides is 1. The minimum atomic E-state index is -0.766. The van der Waals surface area contributed by atoms with Crippen molar-refractivity contribution in [3.05, 3.63) is 0 Å². The normalized spacial score (nSPS) is 23.9. The summed E-state index contributed by atoms with van der Waals surface area (Å²) < 4.78 is 5.16. The van der Waals surface area contributed by atoms with Gasteiger partial charge in [0.05, 0.1) is 6.10 Å². The second kappa shape index (κ2) is 5.84. The van der Waals surface area contributed by atoms with E-state index in [4.69, 9.17) is 9.84 Å². The SMILES string of the molecule is CC(C)OCC(=O)NC1CC(CC(=O)O)C1. The summed E-state index contributed by atoms with van der Waals surface area (Å²) >= 11 is 0. The van der Waals surface area contributed by atoms with Gasteiger partial charge in [-0.15, -0.1) is 0 Å². The lowest BCUT2D eigenvalue weighted by Gasteiger charge is -2.34. The van der Waals surface area contributed by atoms with Crippen LogP contribution < -0.4 is 5.32 Å². The summed E-state index contributed by atoms with van der Waals surface area (Å²) in [6, 6.07) is 0.132. The molecule has 0 radical (unpaired) electrons. The number of carboxylic acids is 1. The Labute approximate surface area is 95.2 Å². The molecule has 16 heavy (non-hydrogen) atoms. The summed E-state index contributed by atoms with van der Waals surface area (Å²) in [5.41, 5.74) is 0. The molecule has 1 amide bonds. The first-order chi connectivity index (χ1) is 7.47. The van der Waals surface area contributed by atoms with Crippen molar-refractivity contribution in [3.8, 4) is 0 Å². The summed E-state index contributed by atoms with van der Waals surface area (Å²) in [5.74, 6) is -0.667. The molecule has 0 aromatic rings. The molecule has 0 aromatic carbocycles. The first-order valence-corrected chi connectivity index (χ1v) is 5.60. The van der Waals surface area contributed by atoms with Crippen LogP contribution in [0.25, 0.3) is 0 Å². The molecule has 0 bridgehead atoms. The Morgan fingerprint density at radius 2 is 2.06 bits per heavy atom. The van der Waals surface area contributed by atoms with E-state index < -0.39 is 5.97 Å². The molecule has 2 N–H and O–H groups in total. The van der Waals surface area contributed by atoms with E-state index in [1.165, 1.54) is 0 Å². The molecule has 1 aliphatic rings. The van der Waals surface area contributed by atoms with Gasteiger partial charge in [0.1, 0.15) is 6.61 Å². The van der Waals surface area contributed by atoms with E-state index in [-0.39, 0.29) is 37.0 Å². The largest absolute Gasteiger partial charge is 0.481 e. The molecule has 0 unspecified atom stereocenters. The highest BCUT2D eigenvalue weighted by molar-refractivity contribution is 5.77. The zero-order valence-electron chi connectivity index (χ0n) is 9.73. The van der Waals surface area contributed by atoms with Crippen molar-refractivity contribution in [3.63, 3.8) is 0 Å². The molecule has 0 spiro atoms. The molecule has 0 aliphatic heterocycles. The third kappa shape index (κ3) is 4.61. The first kappa shape index (κ1) is 13.0. The minimum absolute atomic E-state index is 0.0481. The zero-order chi connectivity index (χ0) is 12.1. The summed E-state index contributed by atoms with van der Waals surface area (Å²) in [4.78, 5) is 21.7. The lowest BCUT2D eigenvalue weighted by molar-refractivity contribution is -0.139. The fraction of sp³-hybridized carbons (Fsp3) is 0.818. The third-order valence-corrected chi connectivity index (χ3v) is 2.61. The van der Waals surface area contributed by atoms with Crippen molar-refractivity contribution in [2.45, 2.75) is 45.3 Å². The predicted octanol–water partition coefficient (Wildman–Crippen LogP) is 0.781. The third-order valence-electron chi connectivity index (χ3n) is 2.61. The molecule has 5 nitrogen and oxygen atoms in total. The molecule has 1 saturated carbocycles. The molecule has 1 fully saturated rings. The molecule has 0 aromatic heterocycles. The number of carbonyl (C=O) groups is 2. The van der Waals surface area contributed by atoms with E-state index in [0.29, 0.717) is 0 Å². The predicted molar refractivity (Wildman–Crippen MR) is 58.0 cm³/mol. The second-order valence-electron chi connectivity index (χ2n) is 4.56. The van der Waals surface area contributed by atoms with E-state index in [9.17, 15) is 9.59 Å². The average Bonchev–Trinajstić information content (AvgIpc) is 2.10. The fourth-order valence-corrected chi connectivity index (χ4v) is 1.78. The van der Waals surface area contributed by atoms with Crippen LogP contribution in [0.3, 0.4) is 0 Å². The van der Waals surface area contributed by atoms with Crippen molar-refractivity contribution in [2.75, 3.05) is 6.61 Å². The number of aliphatic carboxylic acids is 1. The Balaban J connectivity index is 2.08. The average molecular weight is 229 g/mol. The van der Waals surface area contributed by atoms with Gasteiger partial charge in [-0.1, -0.05) is 0 Å². The Kier molecular flexibility index (Phi) is 4.73. The standard InChI is InChI=1S/C11H19NO4/c1-7(2)16-6-10(13)12-9-3-8(4-9)5-11(14)15/h7-9H,3-6H2,1-2H3,(H,12,13)(H,14,15). The summed E-state index contributed by atoms with van der Waals surface area (Å²) in [5, 5.41) is 11.4. The highest BCUT2D eigenvalue weighted by Gasteiger charge is 2.31. The first-order valence-electron chi connectivity index (χ1n) is 5.60. The molecule has 1 rings (SSSR count). The Hall–Kier alpha value is -1.10. The van der Waals surface area contributed by atoms with Gasteiger partial charge in [0, 0.05) is 12.5 Å². The summed E-state index contributed by atoms with van der Waals surface area (Å²) in [7, 11) is 0. The molecule has 92 valence electrons. The van der Waals surface area contributed by atoms with Crippen LogP contribution in [-0.4, -0.2) is 35.7 Å². The molecule has 0 atom stereocenters. The number of ether oxygens (including phenoxy) is 1. The highest BCUT2D eigenvalue weighted by atomic mass is 16.5. The van der Waals surface area contributed by atoms with Crippen LogP contribution in [0.4, 0.5) is 0 Å². The fourth-order valence-electron chi connectivity index (χ4n) is 1.78. The van der Waals surface area contributed by atoms with Crippen LogP contribution in [-0.2, 0) is 14.3 Å². The van der Waals surface area contributed by atoms with Crippen molar-refractivity contribution in [1.82, 2.24) is 5.32 Å². The van der Waals surface area contributed by atoms with Gasteiger partial charge in [-0.25, -0.2) is 0 Å². The number of hydrogen-bond donors (Lipinski definition) is 2. The lowest BCUT2D eigenvalue weighted by Crippen LogP contribution is -2.46. The van der Waals surface area contributed by atoms with E-state index in [2.05, 4.69) is 5.32 Å². The lowest BCUT2D eigenvalue weighted by atomic mass is 9.78. The van der Waals surface area contributed by atoms with E-state index in [0.717, 1.165) is 12.8 Å². The maximum Gasteiger partial charge on any atom is 0.303 e. The van der Waals surface area contributed by atoms with Gasteiger partial charge in [0.25, 0.3) is 0 Å².